The van der Waals surface area contributed by atoms with Gasteiger partial charge >= 0.3 is 0 Å². The van der Waals surface area contributed by atoms with Crippen LogP contribution in [0.3, 0.4) is 0 Å². The lowest BCUT2D eigenvalue weighted by atomic mass is 9.99. The lowest BCUT2D eigenvalue weighted by Crippen LogP contribution is -2.39. The van der Waals surface area contributed by atoms with Gasteiger partial charge in [0.2, 0.25) is 5.91 Å². The summed E-state index contributed by atoms with van der Waals surface area (Å²) in [5.41, 5.74) is 1.25. The Kier molecular flexibility index (Phi) is 4.18. The van der Waals surface area contributed by atoms with Gasteiger partial charge in [0.1, 0.15) is 0 Å². The smallest absolute Gasteiger partial charge is 0.225 e. The van der Waals surface area contributed by atoms with Crippen molar-refractivity contribution in [3.05, 3.63) is 35.9 Å². The summed E-state index contributed by atoms with van der Waals surface area (Å²) in [7, 11) is 0. The van der Waals surface area contributed by atoms with Crippen molar-refractivity contribution in [2.24, 2.45) is 5.92 Å². The first-order valence-corrected chi connectivity index (χ1v) is 6.60. The van der Waals surface area contributed by atoms with E-state index in [2.05, 4.69) is 12.1 Å². The minimum absolute atomic E-state index is 0.107. The molecule has 0 N–H and O–H groups in total. The Labute approximate surface area is 104 Å². The second-order valence-electron chi connectivity index (χ2n) is 4.98. The number of hydrogen-bond donors (Lipinski definition) is 0. The van der Waals surface area contributed by atoms with Gasteiger partial charge in [0.25, 0.3) is 0 Å². The Hall–Kier alpha value is -1.31. The summed E-state index contributed by atoms with van der Waals surface area (Å²) in [6.07, 6.45) is 4.47. The van der Waals surface area contributed by atoms with E-state index >= 15 is 0 Å². The second-order valence-corrected chi connectivity index (χ2v) is 4.98. The van der Waals surface area contributed by atoms with Crippen molar-refractivity contribution in [1.82, 2.24) is 4.90 Å². The van der Waals surface area contributed by atoms with Crippen LogP contribution in [0.2, 0.25) is 0 Å². The number of likely N-dealkylation sites (tertiary alicyclic amines) is 1. The molecule has 1 atom stereocenters. The molecule has 0 unspecified atom stereocenters. The predicted octanol–water partition coefficient (Wildman–Crippen LogP) is 2.88. The average molecular weight is 231 g/mol. The molecule has 0 bridgehead atoms. The fourth-order valence-corrected chi connectivity index (χ4v) is 2.48. The van der Waals surface area contributed by atoms with Gasteiger partial charge in [0.15, 0.2) is 0 Å². The molecule has 0 saturated carbocycles. The van der Waals surface area contributed by atoms with Crippen LogP contribution in [-0.4, -0.2) is 23.9 Å². The first kappa shape index (κ1) is 12.2. The molecule has 2 rings (SSSR count). The second kappa shape index (κ2) is 5.85. The molecule has 17 heavy (non-hydrogen) atoms. The quantitative estimate of drug-likeness (QED) is 0.783. The molecular formula is C15H21NO. The van der Waals surface area contributed by atoms with E-state index in [0.29, 0.717) is 5.91 Å². The Balaban J connectivity index is 1.90. The molecule has 0 aliphatic carbocycles. The van der Waals surface area contributed by atoms with Gasteiger partial charge in [0, 0.05) is 19.0 Å². The summed E-state index contributed by atoms with van der Waals surface area (Å²) in [6, 6.07) is 10.3. The molecule has 1 heterocycles. The number of piperidine rings is 1. The number of rotatable bonds is 3. The molecule has 2 heteroatoms. The van der Waals surface area contributed by atoms with Gasteiger partial charge in [-0.3, -0.25) is 4.79 Å². The maximum atomic E-state index is 12.2. The van der Waals surface area contributed by atoms with Crippen LogP contribution in [0.15, 0.2) is 30.3 Å². The molecule has 1 amide bonds. The van der Waals surface area contributed by atoms with Gasteiger partial charge in [-0.2, -0.15) is 0 Å². The van der Waals surface area contributed by atoms with Crippen LogP contribution < -0.4 is 0 Å². The van der Waals surface area contributed by atoms with Crippen LogP contribution in [0.25, 0.3) is 0 Å². The van der Waals surface area contributed by atoms with Crippen LogP contribution in [0.4, 0.5) is 0 Å². The van der Waals surface area contributed by atoms with Crippen molar-refractivity contribution in [2.75, 3.05) is 13.1 Å². The van der Waals surface area contributed by atoms with Crippen molar-refractivity contribution >= 4 is 5.91 Å². The first-order chi connectivity index (χ1) is 8.27. The number of carbonyl (C=O) groups excluding carboxylic acids is 1. The zero-order valence-corrected chi connectivity index (χ0v) is 10.6. The third kappa shape index (κ3) is 3.32. The Bertz CT molecular complexity index is 354. The van der Waals surface area contributed by atoms with E-state index in [1.54, 1.807) is 0 Å². The zero-order chi connectivity index (χ0) is 12.1. The SMILES string of the molecule is C[C@@H](Cc1ccccc1)C(=O)N1CCCCC1. The summed E-state index contributed by atoms with van der Waals surface area (Å²) in [6.45, 7) is 3.96. The van der Waals surface area contributed by atoms with E-state index in [0.717, 1.165) is 19.5 Å². The lowest BCUT2D eigenvalue weighted by molar-refractivity contribution is -0.135. The molecule has 1 aromatic carbocycles. The molecule has 2 nitrogen and oxygen atoms in total. The maximum Gasteiger partial charge on any atom is 0.225 e. The molecule has 0 aromatic heterocycles. The zero-order valence-electron chi connectivity index (χ0n) is 10.6. The Morgan fingerprint density at radius 1 is 1.18 bits per heavy atom. The highest BCUT2D eigenvalue weighted by atomic mass is 16.2. The number of hydrogen-bond acceptors (Lipinski definition) is 1. The molecule has 1 fully saturated rings. The summed E-state index contributed by atoms with van der Waals surface area (Å²) in [5, 5.41) is 0. The lowest BCUT2D eigenvalue weighted by Gasteiger charge is -2.29. The molecule has 1 aromatic rings. The molecular weight excluding hydrogens is 210 g/mol. The van der Waals surface area contributed by atoms with Gasteiger partial charge in [0.05, 0.1) is 0 Å². The van der Waals surface area contributed by atoms with E-state index in [9.17, 15) is 4.79 Å². The molecule has 1 aliphatic heterocycles. The Morgan fingerprint density at radius 3 is 2.47 bits per heavy atom. The van der Waals surface area contributed by atoms with Crippen molar-refractivity contribution in [1.29, 1.82) is 0 Å². The normalized spacial score (nSPS) is 17.8. The largest absolute Gasteiger partial charge is 0.342 e. The van der Waals surface area contributed by atoms with Gasteiger partial charge < -0.3 is 4.90 Å². The molecule has 1 aliphatic rings. The summed E-state index contributed by atoms with van der Waals surface area (Å²) in [5.74, 6) is 0.434. The van der Waals surface area contributed by atoms with Gasteiger partial charge in [-0.1, -0.05) is 37.3 Å². The number of carbonyl (C=O) groups is 1. The van der Waals surface area contributed by atoms with Crippen molar-refractivity contribution < 1.29 is 4.79 Å². The molecule has 0 radical (unpaired) electrons. The van der Waals surface area contributed by atoms with Crippen LogP contribution in [0.5, 0.6) is 0 Å². The fraction of sp³-hybridized carbons (Fsp3) is 0.533. The van der Waals surface area contributed by atoms with Crippen molar-refractivity contribution in [3.8, 4) is 0 Å². The Morgan fingerprint density at radius 2 is 1.82 bits per heavy atom. The average Bonchev–Trinajstić information content (AvgIpc) is 2.40. The minimum atomic E-state index is 0.107. The number of benzene rings is 1. The van der Waals surface area contributed by atoms with Gasteiger partial charge in [-0.15, -0.1) is 0 Å². The number of nitrogens with zero attached hydrogens (tertiary/aromatic N) is 1. The summed E-state index contributed by atoms with van der Waals surface area (Å²) in [4.78, 5) is 14.3. The predicted molar refractivity (Wildman–Crippen MR) is 69.7 cm³/mol. The highest BCUT2D eigenvalue weighted by Crippen LogP contribution is 2.15. The highest BCUT2D eigenvalue weighted by molar-refractivity contribution is 5.78. The van der Waals surface area contributed by atoms with E-state index in [1.165, 1.54) is 24.8 Å². The van der Waals surface area contributed by atoms with E-state index < -0.39 is 0 Å². The van der Waals surface area contributed by atoms with Crippen molar-refractivity contribution in [3.63, 3.8) is 0 Å². The van der Waals surface area contributed by atoms with Crippen LogP contribution in [0.1, 0.15) is 31.7 Å². The third-order valence-corrected chi connectivity index (χ3v) is 3.47. The van der Waals surface area contributed by atoms with E-state index in [4.69, 9.17) is 0 Å². The molecule has 0 spiro atoms. The molecule has 92 valence electrons. The first-order valence-electron chi connectivity index (χ1n) is 6.60. The minimum Gasteiger partial charge on any atom is -0.342 e. The van der Waals surface area contributed by atoms with E-state index in [-0.39, 0.29) is 5.92 Å². The summed E-state index contributed by atoms with van der Waals surface area (Å²) < 4.78 is 0. The summed E-state index contributed by atoms with van der Waals surface area (Å²) >= 11 is 0. The highest BCUT2D eigenvalue weighted by Gasteiger charge is 2.21. The van der Waals surface area contributed by atoms with E-state index in [1.807, 2.05) is 30.0 Å². The standard InChI is InChI=1S/C15H21NO/c1-13(12-14-8-4-2-5-9-14)15(17)16-10-6-3-7-11-16/h2,4-5,8-9,13H,3,6-7,10-12H2,1H3/t13-/m0/s1. The van der Waals surface area contributed by atoms with Crippen molar-refractivity contribution in [2.45, 2.75) is 32.6 Å². The maximum absolute atomic E-state index is 12.2. The van der Waals surface area contributed by atoms with Gasteiger partial charge in [-0.25, -0.2) is 0 Å². The number of amides is 1. The monoisotopic (exact) mass is 231 g/mol. The van der Waals surface area contributed by atoms with Crippen LogP contribution in [-0.2, 0) is 11.2 Å². The third-order valence-electron chi connectivity index (χ3n) is 3.47. The van der Waals surface area contributed by atoms with Gasteiger partial charge in [-0.05, 0) is 31.2 Å². The van der Waals surface area contributed by atoms with Crippen LogP contribution >= 0.6 is 0 Å². The topological polar surface area (TPSA) is 20.3 Å². The fourth-order valence-electron chi connectivity index (χ4n) is 2.48. The van der Waals surface area contributed by atoms with Crippen LogP contribution in [0, 0.1) is 5.92 Å². The molecule has 1 saturated heterocycles.